The highest BCUT2D eigenvalue weighted by molar-refractivity contribution is 7.09. The number of anilines is 1. The minimum absolute atomic E-state index is 0.398. The van der Waals surface area contributed by atoms with Crippen LogP contribution in [0.15, 0.2) is 0 Å². The molecule has 0 spiro atoms. The van der Waals surface area contributed by atoms with Crippen LogP contribution in [0.3, 0.4) is 0 Å². The second-order valence-corrected chi connectivity index (χ2v) is 6.16. The second-order valence-electron chi connectivity index (χ2n) is 5.43. The predicted molar refractivity (Wildman–Crippen MR) is 70.9 cm³/mol. The summed E-state index contributed by atoms with van der Waals surface area (Å²) in [5.74, 6) is -0.374. The molecule has 1 atom stereocenters. The molecule has 4 nitrogen and oxygen atoms in total. The Balaban J connectivity index is 1.59. The molecule has 2 aliphatic rings. The molecule has 2 fully saturated rings. The molecule has 20 heavy (non-hydrogen) atoms. The Hall–Kier alpha value is -0.890. The van der Waals surface area contributed by atoms with Crippen LogP contribution in [0.1, 0.15) is 31.5 Å². The topological polar surface area (TPSA) is 41.1 Å². The monoisotopic (exact) mass is 306 g/mol. The van der Waals surface area contributed by atoms with Gasteiger partial charge in [0.1, 0.15) is 0 Å². The Kier molecular flexibility index (Phi) is 3.85. The Labute approximate surface area is 119 Å². The largest absolute Gasteiger partial charge is 0.452 e. The number of piperidine rings is 1. The van der Waals surface area contributed by atoms with E-state index in [2.05, 4.69) is 14.7 Å². The summed E-state index contributed by atoms with van der Waals surface area (Å²) >= 11 is 0.846. The molecule has 3 rings (SSSR count). The van der Waals surface area contributed by atoms with E-state index in [9.17, 15) is 13.2 Å². The minimum atomic E-state index is -4.44. The SMILES string of the molecule is FC(F)(F)c1nsc(N2CCC(C3CCCN3)CC2)n1. The zero-order chi connectivity index (χ0) is 14.2. The highest BCUT2D eigenvalue weighted by Crippen LogP contribution is 2.33. The summed E-state index contributed by atoms with van der Waals surface area (Å²) in [4.78, 5) is 5.55. The summed E-state index contributed by atoms with van der Waals surface area (Å²) in [6, 6.07) is 0.595. The summed E-state index contributed by atoms with van der Waals surface area (Å²) < 4.78 is 40.9. The van der Waals surface area contributed by atoms with Crippen molar-refractivity contribution in [1.82, 2.24) is 14.7 Å². The molecule has 0 saturated carbocycles. The van der Waals surface area contributed by atoms with E-state index in [1.54, 1.807) is 0 Å². The van der Waals surface area contributed by atoms with Crippen LogP contribution in [-0.2, 0) is 6.18 Å². The van der Waals surface area contributed by atoms with Gasteiger partial charge >= 0.3 is 6.18 Å². The van der Waals surface area contributed by atoms with Gasteiger partial charge < -0.3 is 10.2 Å². The molecule has 0 amide bonds. The van der Waals surface area contributed by atoms with Crippen LogP contribution < -0.4 is 10.2 Å². The third kappa shape index (κ3) is 2.90. The van der Waals surface area contributed by atoms with E-state index < -0.39 is 12.0 Å². The highest BCUT2D eigenvalue weighted by Gasteiger charge is 2.37. The Bertz CT molecular complexity index is 448. The molecule has 112 valence electrons. The molecule has 2 saturated heterocycles. The lowest BCUT2D eigenvalue weighted by Gasteiger charge is -2.34. The number of alkyl halides is 3. The summed E-state index contributed by atoms with van der Waals surface area (Å²) in [5, 5.41) is 3.91. The van der Waals surface area contributed by atoms with Gasteiger partial charge in [-0.25, -0.2) is 0 Å². The van der Waals surface area contributed by atoms with Gasteiger partial charge in [-0.2, -0.15) is 22.5 Å². The fraction of sp³-hybridized carbons (Fsp3) is 0.833. The van der Waals surface area contributed by atoms with Crippen molar-refractivity contribution in [2.75, 3.05) is 24.5 Å². The lowest BCUT2D eigenvalue weighted by atomic mass is 9.89. The first-order chi connectivity index (χ1) is 9.54. The third-order valence-electron chi connectivity index (χ3n) is 4.15. The molecule has 1 aromatic rings. The standard InChI is InChI=1S/C12H17F3N4S/c13-12(14,15)10-17-11(20-18-10)19-6-3-8(4-7-19)9-2-1-5-16-9/h8-9,16H,1-7H2. The molecule has 1 unspecified atom stereocenters. The average molecular weight is 306 g/mol. The molecule has 8 heteroatoms. The van der Waals surface area contributed by atoms with Crippen molar-refractivity contribution in [3.05, 3.63) is 5.82 Å². The fourth-order valence-corrected chi connectivity index (χ4v) is 3.80. The maximum atomic E-state index is 12.5. The molecule has 0 aromatic carbocycles. The van der Waals surface area contributed by atoms with Crippen molar-refractivity contribution in [3.8, 4) is 0 Å². The maximum Gasteiger partial charge on any atom is 0.452 e. The van der Waals surface area contributed by atoms with Gasteiger partial charge in [0.2, 0.25) is 11.0 Å². The molecule has 0 radical (unpaired) electrons. The number of hydrogen-bond donors (Lipinski definition) is 1. The van der Waals surface area contributed by atoms with Gasteiger partial charge in [0, 0.05) is 30.7 Å². The third-order valence-corrected chi connectivity index (χ3v) is 4.92. The van der Waals surface area contributed by atoms with Crippen molar-refractivity contribution in [3.63, 3.8) is 0 Å². The van der Waals surface area contributed by atoms with Gasteiger partial charge in [0.25, 0.3) is 0 Å². The first-order valence-corrected chi connectivity index (χ1v) is 7.70. The molecular weight excluding hydrogens is 289 g/mol. The van der Waals surface area contributed by atoms with Crippen LogP contribution in [0.4, 0.5) is 18.3 Å². The van der Waals surface area contributed by atoms with E-state index in [0.29, 0.717) is 17.1 Å². The molecule has 0 aliphatic carbocycles. The van der Waals surface area contributed by atoms with Crippen molar-refractivity contribution in [2.24, 2.45) is 5.92 Å². The fourth-order valence-electron chi connectivity index (χ4n) is 3.07. The molecule has 2 aliphatic heterocycles. The molecule has 1 aromatic heterocycles. The van der Waals surface area contributed by atoms with E-state index >= 15 is 0 Å². The number of nitrogens with zero attached hydrogens (tertiary/aromatic N) is 3. The molecule has 3 heterocycles. The van der Waals surface area contributed by atoms with Crippen LogP contribution in [-0.4, -0.2) is 35.0 Å². The number of aromatic nitrogens is 2. The van der Waals surface area contributed by atoms with Gasteiger partial charge in [0.15, 0.2) is 0 Å². The normalized spacial score (nSPS) is 25.4. The van der Waals surface area contributed by atoms with Crippen LogP contribution >= 0.6 is 11.5 Å². The van der Waals surface area contributed by atoms with E-state index in [-0.39, 0.29) is 0 Å². The van der Waals surface area contributed by atoms with Crippen LogP contribution in [0.5, 0.6) is 0 Å². The molecular formula is C12H17F3N4S. The number of rotatable bonds is 2. The summed E-state index contributed by atoms with van der Waals surface area (Å²) in [6.07, 6.45) is 0.0377. The first-order valence-electron chi connectivity index (χ1n) is 6.93. The average Bonchev–Trinajstić information content (AvgIpc) is 3.10. The van der Waals surface area contributed by atoms with E-state index in [1.165, 1.54) is 12.8 Å². The van der Waals surface area contributed by atoms with Gasteiger partial charge in [-0.05, 0) is 38.1 Å². The smallest absolute Gasteiger partial charge is 0.347 e. The lowest BCUT2D eigenvalue weighted by molar-refractivity contribution is -0.144. The molecule has 0 bridgehead atoms. The van der Waals surface area contributed by atoms with Crippen LogP contribution in [0, 0.1) is 5.92 Å². The minimum Gasteiger partial charge on any atom is -0.347 e. The van der Waals surface area contributed by atoms with Crippen molar-refractivity contribution in [2.45, 2.75) is 37.9 Å². The first kappa shape index (κ1) is 14.1. The predicted octanol–water partition coefficient (Wildman–Crippen LogP) is 2.53. The summed E-state index contributed by atoms with van der Waals surface area (Å²) in [7, 11) is 0. The van der Waals surface area contributed by atoms with Crippen molar-refractivity contribution in [1.29, 1.82) is 0 Å². The molecule has 1 N–H and O–H groups in total. The van der Waals surface area contributed by atoms with Gasteiger partial charge in [-0.1, -0.05) is 0 Å². The quantitative estimate of drug-likeness (QED) is 0.911. The van der Waals surface area contributed by atoms with Crippen LogP contribution in [0.25, 0.3) is 0 Å². The summed E-state index contributed by atoms with van der Waals surface area (Å²) in [5.41, 5.74) is 0. The number of nitrogens with one attached hydrogen (secondary N) is 1. The van der Waals surface area contributed by atoms with Crippen LogP contribution in [0.2, 0.25) is 0 Å². The zero-order valence-corrected chi connectivity index (χ0v) is 11.8. The van der Waals surface area contributed by atoms with Gasteiger partial charge in [0.05, 0.1) is 0 Å². The lowest BCUT2D eigenvalue weighted by Crippen LogP contribution is -2.40. The van der Waals surface area contributed by atoms with Gasteiger partial charge in [-0.15, -0.1) is 0 Å². The number of hydrogen-bond acceptors (Lipinski definition) is 5. The second kappa shape index (κ2) is 5.48. The van der Waals surface area contributed by atoms with E-state index in [0.717, 1.165) is 44.0 Å². The zero-order valence-electron chi connectivity index (χ0n) is 11.0. The Morgan fingerprint density at radius 3 is 2.50 bits per heavy atom. The van der Waals surface area contributed by atoms with E-state index in [4.69, 9.17) is 0 Å². The Morgan fingerprint density at radius 1 is 1.20 bits per heavy atom. The van der Waals surface area contributed by atoms with Crippen molar-refractivity contribution < 1.29 is 13.2 Å². The van der Waals surface area contributed by atoms with Crippen molar-refractivity contribution >= 4 is 16.7 Å². The van der Waals surface area contributed by atoms with E-state index in [1.807, 2.05) is 4.90 Å². The Morgan fingerprint density at radius 2 is 1.95 bits per heavy atom. The van der Waals surface area contributed by atoms with Gasteiger partial charge in [-0.3, -0.25) is 0 Å². The summed E-state index contributed by atoms with van der Waals surface area (Å²) in [6.45, 7) is 2.64. The number of halogens is 3. The maximum absolute atomic E-state index is 12.5. The highest BCUT2D eigenvalue weighted by atomic mass is 32.1.